The molecule has 23 heavy (non-hydrogen) atoms. The van der Waals surface area contributed by atoms with Crippen molar-refractivity contribution in [3.05, 3.63) is 53.3 Å². The van der Waals surface area contributed by atoms with E-state index in [1.54, 1.807) is 11.8 Å². The van der Waals surface area contributed by atoms with Crippen molar-refractivity contribution >= 4 is 28.9 Å². The first-order valence-electron chi connectivity index (χ1n) is 7.44. The summed E-state index contributed by atoms with van der Waals surface area (Å²) in [6.45, 7) is 1.30. The summed E-state index contributed by atoms with van der Waals surface area (Å²) in [5.41, 5.74) is 2.18. The molecule has 0 saturated heterocycles. The van der Waals surface area contributed by atoms with E-state index in [0.29, 0.717) is 24.0 Å². The van der Waals surface area contributed by atoms with Gasteiger partial charge in [-0.2, -0.15) is 0 Å². The van der Waals surface area contributed by atoms with Gasteiger partial charge in [0.15, 0.2) is 16.7 Å². The molecule has 0 spiro atoms. The molecule has 1 aliphatic heterocycles. The summed E-state index contributed by atoms with van der Waals surface area (Å²) in [4.78, 5) is 4.47. The molecule has 0 aliphatic carbocycles. The predicted octanol–water partition coefficient (Wildman–Crippen LogP) is 4.44. The van der Waals surface area contributed by atoms with Crippen LogP contribution in [0, 0.1) is 0 Å². The number of aromatic nitrogens is 2. The fraction of sp³-hybridized carbons (Fsp3) is 0.235. The zero-order valence-electron chi connectivity index (χ0n) is 12.4. The Hall–Kier alpha value is -1.85. The van der Waals surface area contributed by atoms with Gasteiger partial charge in [-0.15, -0.1) is 0 Å². The Morgan fingerprint density at radius 1 is 1.22 bits per heavy atom. The molecule has 4 rings (SSSR count). The Balaban J connectivity index is 1.57. The quantitative estimate of drug-likeness (QED) is 0.657. The van der Waals surface area contributed by atoms with E-state index < -0.39 is 0 Å². The van der Waals surface area contributed by atoms with Gasteiger partial charge in [-0.05, 0) is 29.8 Å². The Bertz CT molecular complexity index is 850. The van der Waals surface area contributed by atoms with Crippen molar-refractivity contribution in [3.8, 4) is 11.5 Å². The van der Waals surface area contributed by atoms with Crippen LogP contribution in [0.1, 0.15) is 12.0 Å². The molecule has 118 valence electrons. The van der Waals surface area contributed by atoms with Gasteiger partial charge in [0.2, 0.25) is 0 Å². The smallest absolute Gasteiger partial charge is 0.179 e. The molecule has 0 radical (unpaired) electrons. The molecule has 2 aromatic heterocycles. The van der Waals surface area contributed by atoms with Crippen molar-refractivity contribution < 1.29 is 9.47 Å². The van der Waals surface area contributed by atoms with Crippen LogP contribution in [0.3, 0.4) is 0 Å². The van der Waals surface area contributed by atoms with Crippen LogP contribution in [0.5, 0.6) is 11.5 Å². The number of benzene rings is 1. The topological polar surface area (TPSA) is 35.8 Å². The van der Waals surface area contributed by atoms with Gasteiger partial charge in [-0.25, -0.2) is 4.98 Å². The van der Waals surface area contributed by atoms with Gasteiger partial charge < -0.3 is 9.47 Å². The van der Waals surface area contributed by atoms with E-state index >= 15 is 0 Å². The fourth-order valence-electron chi connectivity index (χ4n) is 2.54. The number of hydrogen-bond acceptors (Lipinski definition) is 4. The van der Waals surface area contributed by atoms with Crippen LogP contribution in [0.15, 0.2) is 47.9 Å². The molecule has 4 nitrogen and oxygen atoms in total. The number of fused-ring (bicyclic) bond motifs is 2. The van der Waals surface area contributed by atoms with E-state index in [1.165, 1.54) is 0 Å². The predicted molar refractivity (Wildman–Crippen MR) is 91.8 cm³/mol. The summed E-state index contributed by atoms with van der Waals surface area (Å²) in [6, 6.07) is 10.0. The summed E-state index contributed by atoms with van der Waals surface area (Å²) >= 11 is 8.01. The minimum absolute atomic E-state index is 0.605. The highest BCUT2D eigenvalue weighted by molar-refractivity contribution is 7.98. The summed E-state index contributed by atoms with van der Waals surface area (Å²) in [7, 11) is 0. The normalized spacial score (nSPS) is 14.0. The maximum Gasteiger partial charge on any atom is 0.179 e. The highest BCUT2D eigenvalue weighted by Crippen LogP contribution is 2.39. The summed E-state index contributed by atoms with van der Waals surface area (Å²) in [6.07, 6.45) is 4.77. The molecule has 0 N–H and O–H groups in total. The highest BCUT2D eigenvalue weighted by atomic mass is 35.5. The van der Waals surface area contributed by atoms with Gasteiger partial charge >= 0.3 is 0 Å². The van der Waals surface area contributed by atoms with Crippen molar-refractivity contribution in [2.45, 2.75) is 17.3 Å². The van der Waals surface area contributed by atoms with Crippen molar-refractivity contribution in [1.29, 1.82) is 0 Å². The molecule has 3 heterocycles. The molecule has 1 aliphatic rings. The van der Waals surface area contributed by atoms with Gasteiger partial charge in [-0.1, -0.05) is 29.4 Å². The first-order chi connectivity index (χ1) is 11.3. The lowest BCUT2D eigenvalue weighted by Crippen LogP contribution is -1.97. The molecule has 0 saturated carbocycles. The van der Waals surface area contributed by atoms with E-state index in [4.69, 9.17) is 21.1 Å². The maximum atomic E-state index is 6.34. The monoisotopic (exact) mass is 346 g/mol. The lowest BCUT2D eigenvalue weighted by Gasteiger charge is -2.11. The van der Waals surface area contributed by atoms with E-state index in [-0.39, 0.29) is 0 Å². The molecule has 6 heteroatoms. The molecule has 0 bridgehead atoms. The summed E-state index contributed by atoms with van der Waals surface area (Å²) < 4.78 is 13.5. The Morgan fingerprint density at radius 3 is 3.09 bits per heavy atom. The van der Waals surface area contributed by atoms with Crippen LogP contribution in [0.4, 0.5) is 0 Å². The van der Waals surface area contributed by atoms with Gasteiger partial charge in [0.25, 0.3) is 0 Å². The van der Waals surface area contributed by atoms with Crippen LogP contribution >= 0.6 is 23.4 Å². The van der Waals surface area contributed by atoms with Crippen LogP contribution < -0.4 is 9.47 Å². The van der Waals surface area contributed by atoms with E-state index in [1.807, 2.05) is 42.7 Å². The van der Waals surface area contributed by atoms with E-state index in [0.717, 1.165) is 34.2 Å². The Morgan fingerprint density at radius 2 is 2.13 bits per heavy atom. The third-order valence-corrected chi connectivity index (χ3v) is 4.95. The van der Waals surface area contributed by atoms with Gasteiger partial charge in [0.1, 0.15) is 0 Å². The average Bonchev–Trinajstić information content (AvgIpc) is 2.82. The van der Waals surface area contributed by atoms with Crippen LogP contribution in [-0.4, -0.2) is 22.6 Å². The minimum atomic E-state index is 0.605. The van der Waals surface area contributed by atoms with Gasteiger partial charge in [-0.3, -0.25) is 4.40 Å². The van der Waals surface area contributed by atoms with E-state index in [2.05, 4.69) is 9.38 Å². The maximum absolute atomic E-state index is 6.34. The highest BCUT2D eigenvalue weighted by Gasteiger charge is 2.16. The van der Waals surface area contributed by atoms with Crippen molar-refractivity contribution in [2.24, 2.45) is 0 Å². The molecule has 0 fully saturated rings. The number of nitrogens with zero attached hydrogens (tertiary/aromatic N) is 2. The number of ether oxygens (including phenoxy) is 2. The number of thioether (sulfide) groups is 1. The largest absolute Gasteiger partial charge is 0.489 e. The van der Waals surface area contributed by atoms with Crippen LogP contribution in [-0.2, 0) is 5.75 Å². The third-order valence-electron chi connectivity index (χ3n) is 3.63. The van der Waals surface area contributed by atoms with Gasteiger partial charge in [0.05, 0.1) is 29.9 Å². The SMILES string of the molecule is Clc1cc(CSc2ncc3ccccn23)cc2c1OCCCO2. The molecule has 0 unspecified atom stereocenters. The number of hydrogen-bond donors (Lipinski definition) is 0. The summed E-state index contributed by atoms with van der Waals surface area (Å²) in [5.74, 6) is 2.16. The zero-order chi connectivity index (χ0) is 15.6. The average molecular weight is 347 g/mol. The number of rotatable bonds is 3. The third kappa shape index (κ3) is 2.99. The molecule has 0 atom stereocenters. The molecule has 0 amide bonds. The molecule has 3 aromatic rings. The Kier molecular flexibility index (Phi) is 4.06. The number of halogens is 1. The van der Waals surface area contributed by atoms with Crippen molar-refractivity contribution in [1.82, 2.24) is 9.38 Å². The second kappa shape index (κ2) is 6.34. The van der Waals surface area contributed by atoms with Crippen LogP contribution in [0.25, 0.3) is 5.52 Å². The first-order valence-corrected chi connectivity index (χ1v) is 8.80. The first kappa shape index (κ1) is 14.7. The van der Waals surface area contributed by atoms with Crippen molar-refractivity contribution in [2.75, 3.05) is 13.2 Å². The van der Waals surface area contributed by atoms with E-state index in [9.17, 15) is 0 Å². The number of imidazole rings is 1. The standard InChI is InChI=1S/C17H15ClN2O2S/c18-14-8-12(9-15-16(14)22-7-3-6-21-15)11-23-17-19-10-13-4-1-2-5-20(13)17/h1-2,4-5,8-10H,3,6-7,11H2. The Labute approximate surface area is 143 Å². The van der Waals surface area contributed by atoms with Crippen molar-refractivity contribution in [3.63, 3.8) is 0 Å². The second-order valence-electron chi connectivity index (χ2n) is 5.28. The molecule has 1 aromatic carbocycles. The molecular weight excluding hydrogens is 332 g/mol. The lowest BCUT2D eigenvalue weighted by atomic mass is 10.2. The minimum Gasteiger partial charge on any atom is -0.489 e. The summed E-state index contributed by atoms with van der Waals surface area (Å²) in [5, 5.41) is 1.57. The zero-order valence-corrected chi connectivity index (χ0v) is 13.9. The fourth-order valence-corrected chi connectivity index (χ4v) is 3.72. The van der Waals surface area contributed by atoms with Crippen LogP contribution in [0.2, 0.25) is 5.02 Å². The lowest BCUT2D eigenvalue weighted by molar-refractivity contribution is 0.297. The molecular formula is C17H15ClN2O2S. The second-order valence-corrected chi connectivity index (χ2v) is 6.63. The number of pyridine rings is 1. The van der Waals surface area contributed by atoms with Gasteiger partial charge in [0, 0.05) is 18.4 Å².